The van der Waals surface area contributed by atoms with Crippen LogP contribution in [-0.4, -0.2) is 4.98 Å². The summed E-state index contributed by atoms with van der Waals surface area (Å²) in [5, 5.41) is 0. The van der Waals surface area contributed by atoms with Crippen LogP contribution in [0.2, 0.25) is 0 Å². The first kappa shape index (κ1) is 11.0. The molecule has 0 radical (unpaired) electrons. The molecule has 0 spiro atoms. The van der Waals surface area contributed by atoms with E-state index in [-0.39, 0.29) is 11.0 Å². The molecule has 0 bridgehead atoms. The number of aromatic amines is 1. The summed E-state index contributed by atoms with van der Waals surface area (Å²) >= 11 is 0. The number of pyridine rings is 1. The molecule has 1 N–H and O–H groups in total. The van der Waals surface area contributed by atoms with Gasteiger partial charge in [-0.3, -0.25) is 0 Å². The van der Waals surface area contributed by atoms with Crippen LogP contribution < -0.4 is 4.57 Å². The summed E-state index contributed by atoms with van der Waals surface area (Å²) in [6.45, 7) is 4.61. The normalized spacial score (nSPS) is 30.2. The van der Waals surface area contributed by atoms with Crippen LogP contribution in [0.15, 0.2) is 48.9 Å². The maximum absolute atomic E-state index is 3.32. The highest BCUT2D eigenvalue weighted by atomic mass is 15.1. The SMILES string of the molecule is CCC12C=CC1(CC)[n+]1ccccc1-c1c[nH]cc12. The maximum atomic E-state index is 3.32. The third-order valence-corrected chi connectivity index (χ3v) is 5.30. The highest BCUT2D eigenvalue weighted by molar-refractivity contribution is 5.68. The van der Waals surface area contributed by atoms with Crippen LogP contribution in [0.3, 0.4) is 0 Å². The van der Waals surface area contributed by atoms with Crippen molar-refractivity contribution in [2.45, 2.75) is 37.6 Å². The maximum Gasteiger partial charge on any atom is 0.215 e. The zero-order valence-electron chi connectivity index (χ0n) is 11.5. The first-order chi connectivity index (χ1) is 9.29. The number of hydrogen-bond acceptors (Lipinski definition) is 0. The molecule has 1 aliphatic carbocycles. The molecule has 2 nitrogen and oxygen atoms in total. The molecule has 0 amide bonds. The molecule has 96 valence electrons. The summed E-state index contributed by atoms with van der Waals surface area (Å²) in [5.41, 5.74) is 4.43. The van der Waals surface area contributed by atoms with Crippen molar-refractivity contribution in [1.29, 1.82) is 0 Å². The lowest BCUT2D eigenvalue weighted by Gasteiger charge is -2.51. The van der Waals surface area contributed by atoms with Crippen LogP contribution in [0.5, 0.6) is 0 Å². The number of fused-ring (bicyclic) bond motifs is 6. The van der Waals surface area contributed by atoms with Crippen molar-refractivity contribution >= 4 is 0 Å². The highest BCUT2D eigenvalue weighted by Crippen LogP contribution is 2.56. The molecular weight excluding hydrogens is 232 g/mol. The van der Waals surface area contributed by atoms with Gasteiger partial charge in [-0.25, -0.2) is 0 Å². The fourth-order valence-electron chi connectivity index (χ4n) is 4.27. The Labute approximate surface area is 113 Å². The van der Waals surface area contributed by atoms with Gasteiger partial charge in [0.2, 0.25) is 5.69 Å². The number of H-pyrrole nitrogens is 1. The summed E-state index contributed by atoms with van der Waals surface area (Å²) in [7, 11) is 0. The predicted octanol–water partition coefficient (Wildman–Crippen LogP) is 3.31. The summed E-state index contributed by atoms with van der Waals surface area (Å²) in [6, 6.07) is 6.51. The third-order valence-electron chi connectivity index (χ3n) is 5.30. The van der Waals surface area contributed by atoms with E-state index < -0.39 is 0 Å². The Balaban J connectivity index is 2.13. The largest absolute Gasteiger partial charge is 0.367 e. The molecule has 2 aromatic rings. The highest BCUT2D eigenvalue weighted by Gasteiger charge is 2.64. The minimum atomic E-state index is 0.119. The molecule has 0 saturated heterocycles. The molecule has 0 saturated carbocycles. The minimum Gasteiger partial charge on any atom is -0.367 e. The second kappa shape index (κ2) is 3.38. The van der Waals surface area contributed by atoms with Gasteiger partial charge in [0.05, 0.1) is 11.0 Å². The smallest absolute Gasteiger partial charge is 0.215 e. The van der Waals surface area contributed by atoms with Gasteiger partial charge < -0.3 is 4.98 Å². The monoisotopic (exact) mass is 251 g/mol. The van der Waals surface area contributed by atoms with Crippen LogP contribution in [0.1, 0.15) is 32.3 Å². The third kappa shape index (κ3) is 0.993. The van der Waals surface area contributed by atoms with E-state index in [9.17, 15) is 0 Å². The van der Waals surface area contributed by atoms with E-state index in [1.807, 2.05) is 0 Å². The number of nitrogens with zero attached hydrogens (tertiary/aromatic N) is 1. The first-order valence-corrected chi connectivity index (χ1v) is 7.18. The number of hydrogen-bond donors (Lipinski definition) is 1. The van der Waals surface area contributed by atoms with Gasteiger partial charge in [-0.1, -0.05) is 19.9 Å². The summed E-state index contributed by atoms with van der Waals surface area (Å²) in [4.78, 5) is 3.32. The van der Waals surface area contributed by atoms with Crippen LogP contribution in [0, 0.1) is 0 Å². The molecule has 19 heavy (non-hydrogen) atoms. The van der Waals surface area contributed by atoms with Crippen molar-refractivity contribution in [3.8, 4) is 11.3 Å². The van der Waals surface area contributed by atoms with Crippen molar-refractivity contribution < 1.29 is 4.57 Å². The Kier molecular flexibility index (Phi) is 1.96. The zero-order chi connectivity index (χ0) is 13.1. The molecule has 2 atom stereocenters. The number of nitrogens with one attached hydrogen (secondary N) is 1. The van der Waals surface area contributed by atoms with Crippen molar-refractivity contribution in [2.24, 2.45) is 0 Å². The second-order valence-corrected chi connectivity index (χ2v) is 5.67. The van der Waals surface area contributed by atoms with E-state index >= 15 is 0 Å². The quantitative estimate of drug-likeness (QED) is 0.624. The molecule has 2 heteroatoms. The molecule has 2 aliphatic rings. The van der Waals surface area contributed by atoms with Gasteiger partial charge in [0.25, 0.3) is 0 Å². The Morgan fingerprint density at radius 3 is 2.68 bits per heavy atom. The van der Waals surface area contributed by atoms with E-state index in [0.717, 1.165) is 12.8 Å². The average molecular weight is 251 g/mol. The van der Waals surface area contributed by atoms with Gasteiger partial charge in [0, 0.05) is 36.5 Å². The van der Waals surface area contributed by atoms with E-state index in [2.05, 4.69) is 72.3 Å². The fourth-order valence-corrected chi connectivity index (χ4v) is 4.27. The van der Waals surface area contributed by atoms with E-state index in [0.29, 0.717) is 0 Å². The average Bonchev–Trinajstić information content (AvgIpc) is 2.90. The Morgan fingerprint density at radius 1 is 1.11 bits per heavy atom. The molecule has 3 heterocycles. The van der Waals surface area contributed by atoms with E-state index in [1.54, 1.807) is 0 Å². The van der Waals surface area contributed by atoms with Crippen LogP contribution in [-0.2, 0) is 11.0 Å². The molecule has 0 aromatic carbocycles. The number of aromatic nitrogens is 2. The van der Waals surface area contributed by atoms with Gasteiger partial charge in [-0.15, -0.1) is 0 Å². The van der Waals surface area contributed by atoms with Crippen molar-refractivity contribution in [3.05, 3.63) is 54.5 Å². The lowest BCUT2D eigenvalue weighted by molar-refractivity contribution is -0.759. The fraction of sp³-hybridized carbons (Fsp3) is 0.353. The standard InChI is InChI=1S/C17H18N2/c1-3-16-8-9-17(16,4-2)19-10-6-5-7-15(19)13-11-18-12-14(13)16/h5-12H,3-4H2,1-2H3/p+1. The molecule has 0 fully saturated rings. The topological polar surface area (TPSA) is 19.7 Å². The first-order valence-electron chi connectivity index (χ1n) is 7.18. The molecule has 1 aliphatic heterocycles. The summed E-state index contributed by atoms with van der Waals surface area (Å²) < 4.78 is 2.48. The van der Waals surface area contributed by atoms with Gasteiger partial charge in [-0.2, -0.15) is 4.57 Å². The summed E-state index contributed by atoms with van der Waals surface area (Å²) in [6.07, 6.45) is 13.7. The van der Waals surface area contributed by atoms with Crippen molar-refractivity contribution in [2.75, 3.05) is 0 Å². The lowest BCUT2D eigenvalue weighted by Crippen LogP contribution is -2.72. The van der Waals surface area contributed by atoms with E-state index in [1.165, 1.54) is 16.8 Å². The number of rotatable bonds is 2. The zero-order valence-corrected chi connectivity index (χ0v) is 11.5. The molecule has 4 rings (SSSR count). The van der Waals surface area contributed by atoms with E-state index in [4.69, 9.17) is 0 Å². The van der Waals surface area contributed by atoms with Crippen molar-refractivity contribution in [1.82, 2.24) is 4.98 Å². The number of allylic oxidation sites excluding steroid dienone is 2. The van der Waals surface area contributed by atoms with Gasteiger partial charge in [0.1, 0.15) is 0 Å². The molecule has 2 unspecified atom stereocenters. The van der Waals surface area contributed by atoms with Gasteiger partial charge >= 0.3 is 0 Å². The van der Waals surface area contributed by atoms with Crippen LogP contribution >= 0.6 is 0 Å². The van der Waals surface area contributed by atoms with Gasteiger partial charge in [-0.05, 0) is 18.6 Å². The molecule has 2 aromatic heterocycles. The van der Waals surface area contributed by atoms with Gasteiger partial charge in [0.15, 0.2) is 11.7 Å². The Bertz CT molecular complexity index is 682. The lowest BCUT2D eigenvalue weighted by atomic mass is 9.53. The summed E-state index contributed by atoms with van der Waals surface area (Å²) in [5.74, 6) is 0. The van der Waals surface area contributed by atoms with Crippen LogP contribution in [0.4, 0.5) is 0 Å². The van der Waals surface area contributed by atoms with Crippen LogP contribution in [0.25, 0.3) is 11.3 Å². The predicted molar refractivity (Wildman–Crippen MR) is 75.8 cm³/mol. The minimum absolute atomic E-state index is 0.119. The molecular formula is C17H19N2+. The van der Waals surface area contributed by atoms with Crippen molar-refractivity contribution in [3.63, 3.8) is 0 Å². The Morgan fingerprint density at radius 2 is 2.00 bits per heavy atom. The Hall–Kier alpha value is -1.83. The second-order valence-electron chi connectivity index (χ2n) is 5.67.